The molecule has 0 spiro atoms. The second-order valence-corrected chi connectivity index (χ2v) is 7.15. The van der Waals surface area contributed by atoms with Crippen molar-refractivity contribution in [3.63, 3.8) is 0 Å². The minimum absolute atomic E-state index is 0.0367. The lowest BCUT2D eigenvalue weighted by Gasteiger charge is -2.07. The van der Waals surface area contributed by atoms with Crippen molar-refractivity contribution in [1.82, 2.24) is 10.3 Å². The van der Waals surface area contributed by atoms with Crippen molar-refractivity contribution >= 4 is 28.3 Å². The molecule has 29 heavy (non-hydrogen) atoms. The highest BCUT2D eigenvalue weighted by molar-refractivity contribution is 7.15. The van der Waals surface area contributed by atoms with Crippen LogP contribution in [0.15, 0.2) is 53.3 Å². The number of nitrogens with one attached hydrogen (secondary N) is 2. The largest absolute Gasteiger partial charge is 0.459 e. The summed E-state index contributed by atoms with van der Waals surface area (Å²) in [6.45, 7) is 0.119. The number of thiazole rings is 1. The Morgan fingerprint density at radius 1 is 1.17 bits per heavy atom. The molecular weight excluding hydrogens is 407 g/mol. The van der Waals surface area contributed by atoms with Crippen LogP contribution in [0.25, 0.3) is 0 Å². The summed E-state index contributed by atoms with van der Waals surface area (Å²) in [5.74, 6) is -0.602. The fraction of sp³-hybridized carbons (Fsp3) is 0.211. The topological polar surface area (TPSA) is 84.2 Å². The number of nitrogens with zero attached hydrogens (tertiary/aromatic N) is 1. The van der Waals surface area contributed by atoms with Crippen molar-refractivity contribution in [2.45, 2.75) is 19.0 Å². The number of hydrogen-bond donors (Lipinski definition) is 2. The molecule has 0 aliphatic carbocycles. The molecule has 2 N–H and O–H groups in total. The second kappa shape index (κ2) is 8.91. The van der Waals surface area contributed by atoms with Crippen LogP contribution < -0.4 is 10.6 Å². The van der Waals surface area contributed by atoms with Crippen molar-refractivity contribution < 1.29 is 27.2 Å². The number of amides is 2. The first-order valence-electron chi connectivity index (χ1n) is 8.53. The van der Waals surface area contributed by atoms with Crippen molar-refractivity contribution in [3.05, 3.63) is 70.6 Å². The smallest absolute Gasteiger partial charge is 0.416 e. The number of carbonyl (C=O) groups is 2. The van der Waals surface area contributed by atoms with E-state index in [4.69, 9.17) is 4.42 Å². The number of carbonyl (C=O) groups excluding carboxylic acids is 2. The maximum atomic E-state index is 12.8. The maximum absolute atomic E-state index is 12.8. The summed E-state index contributed by atoms with van der Waals surface area (Å²) < 4.78 is 43.3. The molecule has 2 aromatic heterocycles. The second-order valence-electron chi connectivity index (χ2n) is 6.04. The Labute approximate surface area is 167 Å². The summed E-state index contributed by atoms with van der Waals surface area (Å²) in [7, 11) is 0. The van der Waals surface area contributed by atoms with Crippen molar-refractivity contribution in [3.8, 4) is 0 Å². The van der Waals surface area contributed by atoms with E-state index >= 15 is 0 Å². The number of hydrogen-bond acceptors (Lipinski definition) is 5. The van der Waals surface area contributed by atoms with E-state index in [1.807, 2.05) is 0 Å². The number of alkyl halides is 3. The van der Waals surface area contributed by atoms with Crippen LogP contribution in [0.3, 0.4) is 0 Å². The van der Waals surface area contributed by atoms with Crippen molar-refractivity contribution in [2.75, 3.05) is 11.9 Å². The Balaban J connectivity index is 1.48. The summed E-state index contributed by atoms with van der Waals surface area (Å²) in [4.78, 5) is 28.4. The average Bonchev–Trinajstić information content (AvgIpc) is 3.33. The van der Waals surface area contributed by atoms with Gasteiger partial charge >= 0.3 is 6.18 Å². The first-order valence-corrected chi connectivity index (χ1v) is 9.35. The van der Waals surface area contributed by atoms with Gasteiger partial charge in [0.25, 0.3) is 5.91 Å². The average molecular weight is 423 g/mol. The summed E-state index contributed by atoms with van der Waals surface area (Å²) >= 11 is 1.18. The zero-order valence-corrected chi connectivity index (χ0v) is 15.8. The summed E-state index contributed by atoms with van der Waals surface area (Å²) in [5.41, 5.74) is -0.202. The quantitative estimate of drug-likeness (QED) is 0.599. The van der Waals surface area contributed by atoms with Crippen LogP contribution in [-0.4, -0.2) is 23.3 Å². The number of rotatable bonds is 7. The number of furan rings is 1. The highest BCUT2D eigenvalue weighted by atomic mass is 32.1. The molecule has 6 nitrogen and oxygen atoms in total. The van der Waals surface area contributed by atoms with Gasteiger partial charge in [0.05, 0.1) is 11.8 Å². The van der Waals surface area contributed by atoms with Crippen LogP contribution in [0.5, 0.6) is 0 Å². The Morgan fingerprint density at radius 3 is 2.72 bits per heavy atom. The van der Waals surface area contributed by atoms with Gasteiger partial charge in [0.2, 0.25) is 5.91 Å². The monoisotopic (exact) mass is 423 g/mol. The molecule has 2 amide bonds. The van der Waals surface area contributed by atoms with Crippen LogP contribution in [0.1, 0.15) is 33.0 Å². The molecule has 0 saturated carbocycles. The molecule has 1 aromatic carbocycles. The summed E-state index contributed by atoms with van der Waals surface area (Å²) in [5, 5.41) is 5.50. The molecule has 3 aromatic rings. The molecule has 0 radical (unpaired) electrons. The van der Waals surface area contributed by atoms with E-state index in [9.17, 15) is 22.8 Å². The van der Waals surface area contributed by atoms with Crippen LogP contribution in [0.2, 0.25) is 0 Å². The minimum Gasteiger partial charge on any atom is -0.459 e. The van der Waals surface area contributed by atoms with Gasteiger partial charge in [-0.15, -0.1) is 11.3 Å². The van der Waals surface area contributed by atoms with Crippen LogP contribution in [-0.2, 0) is 17.4 Å². The van der Waals surface area contributed by atoms with Crippen molar-refractivity contribution in [1.29, 1.82) is 0 Å². The fourth-order valence-corrected chi connectivity index (χ4v) is 3.33. The summed E-state index contributed by atoms with van der Waals surface area (Å²) in [6, 6.07) is 8.18. The van der Waals surface area contributed by atoms with Gasteiger partial charge in [-0.25, -0.2) is 4.98 Å². The molecule has 0 fully saturated rings. The highest BCUT2D eigenvalue weighted by Crippen LogP contribution is 2.30. The Kier molecular flexibility index (Phi) is 6.32. The van der Waals surface area contributed by atoms with E-state index in [2.05, 4.69) is 15.6 Å². The van der Waals surface area contributed by atoms with E-state index in [1.165, 1.54) is 35.9 Å². The molecule has 0 unspecified atom stereocenters. The normalized spacial score (nSPS) is 11.3. The van der Waals surface area contributed by atoms with Gasteiger partial charge in [-0.05, 0) is 23.8 Å². The van der Waals surface area contributed by atoms with Gasteiger partial charge in [-0.1, -0.05) is 18.2 Å². The van der Waals surface area contributed by atoms with Gasteiger partial charge in [0, 0.05) is 30.5 Å². The van der Waals surface area contributed by atoms with E-state index in [1.54, 1.807) is 12.1 Å². The first-order chi connectivity index (χ1) is 13.8. The number of anilines is 1. The highest BCUT2D eigenvalue weighted by Gasteiger charge is 2.30. The molecule has 2 heterocycles. The molecule has 3 rings (SSSR count). The minimum atomic E-state index is -4.39. The fourth-order valence-electron chi connectivity index (χ4n) is 2.47. The van der Waals surface area contributed by atoms with E-state index in [0.29, 0.717) is 15.6 Å². The van der Waals surface area contributed by atoms with Crippen molar-refractivity contribution in [2.24, 2.45) is 0 Å². The lowest BCUT2D eigenvalue weighted by Crippen LogP contribution is -2.27. The molecule has 0 atom stereocenters. The molecular formula is C19H16F3N3O3S. The third-order valence-corrected chi connectivity index (χ3v) is 4.73. The number of halogens is 3. The lowest BCUT2D eigenvalue weighted by molar-refractivity contribution is -0.137. The molecule has 0 aliphatic heterocycles. The van der Waals surface area contributed by atoms with Gasteiger partial charge in [-0.3, -0.25) is 9.59 Å². The number of benzene rings is 1. The maximum Gasteiger partial charge on any atom is 0.416 e. The van der Waals surface area contributed by atoms with Gasteiger partial charge < -0.3 is 15.1 Å². The standard InChI is InChI=1S/C19H16F3N3O3S/c20-19(21,22)13-4-1-3-12(9-13)10-14-11-24-18(29-14)25-16(26)6-7-23-17(27)15-5-2-8-28-15/h1-5,8-9,11H,6-7,10H2,(H,23,27)(H,24,25,26). The first kappa shape index (κ1) is 20.6. The van der Waals surface area contributed by atoms with Gasteiger partial charge in [-0.2, -0.15) is 13.2 Å². The molecule has 0 bridgehead atoms. The predicted molar refractivity (Wildman–Crippen MR) is 101 cm³/mol. The SMILES string of the molecule is O=C(CCNC(=O)c1ccco1)Nc1ncc(Cc2cccc(C(F)(F)F)c2)s1. The van der Waals surface area contributed by atoms with Gasteiger partial charge in [0.15, 0.2) is 10.9 Å². The Morgan fingerprint density at radius 2 is 2.00 bits per heavy atom. The van der Waals surface area contributed by atoms with Gasteiger partial charge in [0.1, 0.15) is 0 Å². The molecule has 0 saturated heterocycles. The van der Waals surface area contributed by atoms with E-state index < -0.39 is 17.6 Å². The van der Waals surface area contributed by atoms with Crippen LogP contribution in [0, 0.1) is 0 Å². The molecule has 10 heteroatoms. The number of aromatic nitrogens is 1. The Bertz CT molecular complexity index is 984. The zero-order chi connectivity index (χ0) is 20.9. The third-order valence-electron chi connectivity index (χ3n) is 3.82. The summed E-state index contributed by atoms with van der Waals surface area (Å²) in [6.07, 6.45) is -1.19. The Hall–Kier alpha value is -3.14. The lowest BCUT2D eigenvalue weighted by atomic mass is 10.1. The molecule has 0 aliphatic rings. The predicted octanol–water partition coefficient (Wildman–Crippen LogP) is 4.10. The van der Waals surface area contributed by atoms with Crippen LogP contribution >= 0.6 is 11.3 Å². The molecule has 152 valence electrons. The van der Waals surface area contributed by atoms with E-state index in [-0.39, 0.29) is 31.1 Å². The third kappa shape index (κ3) is 5.92. The van der Waals surface area contributed by atoms with Crippen LogP contribution in [0.4, 0.5) is 18.3 Å². The van der Waals surface area contributed by atoms with E-state index in [0.717, 1.165) is 12.1 Å². The zero-order valence-electron chi connectivity index (χ0n) is 15.0.